The van der Waals surface area contributed by atoms with Gasteiger partial charge in [0.15, 0.2) is 0 Å². The number of hydrogen-bond acceptors (Lipinski definition) is 3. The van der Waals surface area contributed by atoms with Crippen molar-refractivity contribution in [2.24, 2.45) is 5.92 Å². The molecule has 2 atom stereocenters. The molecule has 23 heavy (non-hydrogen) atoms. The fourth-order valence-corrected chi connectivity index (χ4v) is 3.61. The quantitative estimate of drug-likeness (QED) is 0.871. The fourth-order valence-electron chi connectivity index (χ4n) is 3.61. The Kier molecular flexibility index (Phi) is 5.62. The van der Waals surface area contributed by atoms with Gasteiger partial charge < -0.3 is 10.6 Å². The van der Waals surface area contributed by atoms with Crippen LogP contribution in [0.3, 0.4) is 0 Å². The van der Waals surface area contributed by atoms with Crippen LogP contribution in [-0.4, -0.2) is 43.0 Å². The van der Waals surface area contributed by atoms with Gasteiger partial charge in [-0.2, -0.15) is 0 Å². The number of hydrogen-bond donors (Lipinski definition) is 2. The van der Waals surface area contributed by atoms with Gasteiger partial charge in [-0.3, -0.25) is 9.69 Å². The molecule has 1 aromatic rings. The van der Waals surface area contributed by atoms with E-state index in [2.05, 4.69) is 15.5 Å². The lowest BCUT2D eigenvalue weighted by Gasteiger charge is -2.32. The Hall–Kier alpha value is -1.46. The first-order valence-electron chi connectivity index (χ1n) is 8.68. The van der Waals surface area contributed by atoms with Crippen molar-refractivity contribution in [1.82, 2.24) is 15.5 Å². The average molecular weight is 319 g/mol. The molecule has 0 bridgehead atoms. The Labute approximate surface area is 137 Å². The summed E-state index contributed by atoms with van der Waals surface area (Å²) < 4.78 is 13.3. The highest BCUT2D eigenvalue weighted by atomic mass is 19.1. The minimum absolute atomic E-state index is 0.0544. The summed E-state index contributed by atoms with van der Waals surface area (Å²) in [6.45, 7) is 4.25. The molecule has 2 heterocycles. The molecular formula is C18H26FN3O. The van der Waals surface area contributed by atoms with Crippen LogP contribution in [0.5, 0.6) is 0 Å². The van der Waals surface area contributed by atoms with Crippen LogP contribution in [0.25, 0.3) is 0 Å². The van der Waals surface area contributed by atoms with Crippen LogP contribution in [0, 0.1) is 11.7 Å². The summed E-state index contributed by atoms with van der Waals surface area (Å²) in [6.07, 6.45) is 4.32. The van der Waals surface area contributed by atoms with Gasteiger partial charge in [0.25, 0.3) is 0 Å². The smallest absolute Gasteiger partial charge is 0.224 e. The van der Waals surface area contributed by atoms with Crippen molar-refractivity contribution < 1.29 is 9.18 Å². The number of carbonyl (C=O) groups is 1. The monoisotopic (exact) mass is 319 g/mol. The molecule has 2 saturated heterocycles. The maximum atomic E-state index is 13.3. The van der Waals surface area contributed by atoms with Crippen LogP contribution in [-0.2, 0) is 11.3 Å². The van der Waals surface area contributed by atoms with E-state index in [-0.39, 0.29) is 17.6 Å². The third-order valence-electron chi connectivity index (χ3n) is 4.86. The molecule has 1 amide bonds. The lowest BCUT2D eigenvalue weighted by molar-refractivity contribution is -0.126. The normalized spacial score (nSPS) is 25.4. The Bertz CT molecular complexity index is 531. The van der Waals surface area contributed by atoms with Gasteiger partial charge in [0.05, 0.1) is 5.92 Å². The second-order valence-electron chi connectivity index (χ2n) is 6.74. The van der Waals surface area contributed by atoms with Crippen molar-refractivity contribution in [3.8, 4) is 0 Å². The number of nitrogens with zero attached hydrogens (tertiary/aromatic N) is 1. The van der Waals surface area contributed by atoms with E-state index in [0.717, 1.165) is 51.0 Å². The molecule has 0 saturated carbocycles. The van der Waals surface area contributed by atoms with E-state index in [1.54, 1.807) is 12.1 Å². The van der Waals surface area contributed by atoms with Crippen molar-refractivity contribution in [3.05, 3.63) is 35.6 Å². The molecule has 0 aromatic heterocycles. The van der Waals surface area contributed by atoms with Crippen molar-refractivity contribution in [1.29, 1.82) is 0 Å². The molecule has 2 N–H and O–H groups in total. The number of halogens is 1. The SMILES string of the molecule is O=C(NCC1CCCN1)C1CCCN(Cc2cccc(F)c2)C1. The number of likely N-dealkylation sites (tertiary alicyclic amines) is 1. The highest BCUT2D eigenvalue weighted by molar-refractivity contribution is 5.79. The zero-order valence-corrected chi connectivity index (χ0v) is 13.6. The van der Waals surface area contributed by atoms with Crippen LogP contribution < -0.4 is 10.6 Å². The summed E-state index contributed by atoms with van der Waals surface area (Å²) in [7, 11) is 0. The van der Waals surface area contributed by atoms with E-state index >= 15 is 0 Å². The zero-order valence-electron chi connectivity index (χ0n) is 13.6. The Morgan fingerprint density at radius 3 is 3.04 bits per heavy atom. The highest BCUT2D eigenvalue weighted by Gasteiger charge is 2.26. The molecule has 0 spiro atoms. The molecule has 0 aliphatic carbocycles. The molecule has 0 radical (unpaired) electrons. The Morgan fingerprint density at radius 2 is 2.26 bits per heavy atom. The first-order chi connectivity index (χ1) is 11.2. The number of amides is 1. The van der Waals surface area contributed by atoms with E-state index < -0.39 is 0 Å². The summed E-state index contributed by atoms with van der Waals surface area (Å²) in [4.78, 5) is 14.6. The average Bonchev–Trinajstić information content (AvgIpc) is 3.06. The molecule has 3 rings (SSSR count). The minimum Gasteiger partial charge on any atom is -0.354 e. The Balaban J connectivity index is 1.48. The molecule has 2 fully saturated rings. The molecule has 4 nitrogen and oxygen atoms in total. The molecular weight excluding hydrogens is 293 g/mol. The maximum Gasteiger partial charge on any atom is 0.224 e. The number of piperidine rings is 1. The van der Waals surface area contributed by atoms with E-state index in [4.69, 9.17) is 0 Å². The van der Waals surface area contributed by atoms with Gasteiger partial charge in [0.2, 0.25) is 5.91 Å². The van der Waals surface area contributed by atoms with Gasteiger partial charge >= 0.3 is 0 Å². The van der Waals surface area contributed by atoms with Gasteiger partial charge in [0.1, 0.15) is 5.82 Å². The third-order valence-corrected chi connectivity index (χ3v) is 4.86. The summed E-state index contributed by atoms with van der Waals surface area (Å²) in [5.41, 5.74) is 0.973. The topological polar surface area (TPSA) is 44.4 Å². The van der Waals surface area contributed by atoms with Gasteiger partial charge in [-0.15, -0.1) is 0 Å². The van der Waals surface area contributed by atoms with Gasteiger partial charge in [-0.05, 0) is 56.5 Å². The van der Waals surface area contributed by atoms with E-state index in [9.17, 15) is 9.18 Å². The van der Waals surface area contributed by atoms with Crippen LogP contribution in [0.4, 0.5) is 4.39 Å². The second kappa shape index (κ2) is 7.88. The second-order valence-corrected chi connectivity index (χ2v) is 6.74. The molecule has 2 unspecified atom stereocenters. The first-order valence-corrected chi connectivity index (χ1v) is 8.68. The number of benzene rings is 1. The maximum absolute atomic E-state index is 13.3. The number of rotatable bonds is 5. The van der Waals surface area contributed by atoms with Crippen LogP contribution in [0.2, 0.25) is 0 Å². The van der Waals surface area contributed by atoms with Crippen LogP contribution in [0.1, 0.15) is 31.2 Å². The standard InChI is InChI=1S/C18H26FN3O/c19-16-6-1-4-14(10-16)12-22-9-3-5-15(13-22)18(23)21-11-17-7-2-8-20-17/h1,4,6,10,15,17,20H,2-3,5,7-9,11-13H2,(H,21,23). The lowest BCUT2D eigenvalue weighted by Crippen LogP contribution is -2.45. The number of carbonyl (C=O) groups excluding carboxylic acids is 1. The third kappa shape index (κ3) is 4.75. The predicted octanol–water partition coefficient (Wildman–Crippen LogP) is 1.91. The van der Waals surface area contributed by atoms with Gasteiger partial charge in [-0.1, -0.05) is 12.1 Å². The van der Waals surface area contributed by atoms with Gasteiger partial charge in [0, 0.05) is 25.7 Å². The van der Waals surface area contributed by atoms with Crippen molar-refractivity contribution in [2.45, 2.75) is 38.3 Å². The highest BCUT2D eigenvalue weighted by Crippen LogP contribution is 2.19. The summed E-state index contributed by atoms with van der Waals surface area (Å²) >= 11 is 0. The lowest BCUT2D eigenvalue weighted by atomic mass is 9.96. The van der Waals surface area contributed by atoms with Gasteiger partial charge in [-0.25, -0.2) is 4.39 Å². The zero-order chi connectivity index (χ0) is 16.1. The molecule has 2 aliphatic heterocycles. The summed E-state index contributed by atoms with van der Waals surface area (Å²) in [5, 5.41) is 6.50. The summed E-state index contributed by atoms with van der Waals surface area (Å²) in [6, 6.07) is 7.17. The van der Waals surface area contributed by atoms with Crippen molar-refractivity contribution >= 4 is 5.91 Å². The summed E-state index contributed by atoms with van der Waals surface area (Å²) in [5.74, 6) is 0.0271. The van der Waals surface area contributed by atoms with E-state index in [1.807, 2.05) is 6.07 Å². The Morgan fingerprint density at radius 1 is 1.35 bits per heavy atom. The van der Waals surface area contributed by atoms with Crippen molar-refractivity contribution in [2.75, 3.05) is 26.2 Å². The minimum atomic E-state index is -0.196. The molecule has 5 heteroatoms. The first kappa shape index (κ1) is 16.4. The largest absolute Gasteiger partial charge is 0.354 e. The predicted molar refractivity (Wildman–Crippen MR) is 88.4 cm³/mol. The van der Waals surface area contributed by atoms with E-state index in [1.165, 1.54) is 12.5 Å². The fraction of sp³-hybridized carbons (Fsp3) is 0.611. The van der Waals surface area contributed by atoms with Crippen LogP contribution in [0.15, 0.2) is 24.3 Å². The van der Waals surface area contributed by atoms with E-state index in [0.29, 0.717) is 12.6 Å². The van der Waals surface area contributed by atoms with Crippen molar-refractivity contribution in [3.63, 3.8) is 0 Å². The number of nitrogens with one attached hydrogen (secondary N) is 2. The molecule has 1 aromatic carbocycles. The van der Waals surface area contributed by atoms with Crippen LogP contribution >= 0.6 is 0 Å². The molecule has 2 aliphatic rings. The molecule has 126 valence electrons.